The van der Waals surface area contributed by atoms with Gasteiger partial charge in [-0.2, -0.15) is 0 Å². The van der Waals surface area contributed by atoms with E-state index in [1.54, 1.807) is 0 Å². The second kappa shape index (κ2) is 2.00. The summed E-state index contributed by atoms with van der Waals surface area (Å²) in [6.07, 6.45) is 0. The molecular formula is C2H4ClNO2. The maximum Gasteiger partial charge on any atom is 0.336 e. The summed E-state index contributed by atoms with van der Waals surface area (Å²) in [5, 5.41) is 7.73. The maximum absolute atomic E-state index is 9.44. The number of carboxylic acid groups (broad SMARTS) is 1. The van der Waals surface area contributed by atoms with Gasteiger partial charge in [-0.05, 0) is 0 Å². The lowest BCUT2D eigenvalue weighted by molar-refractivity contribution is -0.136. The fourth-order valence-electron chi connectivity index (χ4n) is 0. The molecule has 0 saturated carbocycles. The first-order valence-electron chi connectivity index (χ1n) is 1.27. The van der Waals surface area contributed by atoms with Gasteiger partial charge >= 0.3 is 5.97 Å². The summed E-state index contributed by atoms with van der Waals surface area (Å²) < 4.78 is 0. The molecule has 0 aliphatic carbocycles. The summed E-state index contributed by atoms with van der Waals surface area (Å²) >= 11 is 4.79. The van der Waals surface area contributed by atoms with Gasteiger partial charge in [0.25, 0.3) is 0 Å². The summed E-state index contributed by atoms with van der Waals surface area (Å²) in [6, 6.07) is 0. The van der Waals surface area contributed by atoms with Gasteiger partial charge in [0.1, 0.15) is 0 Å². The average Bonchev–Trinajstić information content (AvgIpc) is 1.36. The van der Waals surface area contributed by atoms with E-state index in [-0.39, 0.29) is 0 Å². The van der Waals surface area contributed by atoms with E-state index in [0.717, 1.165) is 0 Å². The van der Waals surface area contributed by atoms with Gasteiger partial charge in [0.05, 0.1) is 0 Å². The molecule has 1 atom stereocenters. The number of rotatable bonds is 1. The van der Waals surface area contributed by atoms with Crippen molar-refractivity contribution < 1.29 is 9.90 Å². The molecule has 0 aromatic rings. The zero-order chi connectivity index (χ0) is 5.15. The Kier molecular flexibility index (Phi) is 1.90. The van der Waals surface area contributed by atoms with Crippen molar-refractivity contribution in [2.45, 2.75) is 5.50 Å². The fourth-order valence-corrected chi connectivity index (χ4v) is 0. The van der Waals surface area contributed by atoms with Gasteiger partial charge in [0, 0.05) is 0 Å². The summed E-state index contributed by atoms with van der Waals surface area (Å²) in [5.41, 5.74) is 3.34. The van der Waals surface area contributed by atoms with E-state index >= 15 is 0 Å². The van der Waals surface area contributed by atoms with Crippen molar-refractivity contribution in [2.24, 2.45) is 5.73 Å². The molecule has 36 valence electrons. The molecule has 0 unspecified atom stereocenters. The predicted molar refractivity (Wildman–Crippen MR) is 21.5 cm³/mol. The van der Waals surface area contributed by atoms with E-state index in [2.05, 4.69) is 5.73 Å². The summed E-state index contributed by atoms with van der Waals surface area (Å²) in [6.45, 7) is 0. The number of halogens is 1. The second-order valence-electron chi connectivity index (χ2n) is 0.740. The number of carboxylic acids is 1. The standard InChI is InChI=1S/C2H4ClNO2/c3-1(4)2(5)6/h1H,4H2,(H,5,6)/t1-/m1/s1. The molecule has 0 aromatic heterocycles. The Labute approximate surface area is 39.7 Å². The molecule has 0 fully saturated rings. The summed E-state index contributed by atoms with van der Waals surface area (Å²) in [4.78, 5) is 9.44. The first-order valence-corrected chi connectivity index (χ1v) is 1.70. The van der Waals surface area contributed by atoms with E-state index in [1.807, 2.05) is 0 Å². The Balaban J connectivity index is 3.26. The third-order valence-corrected chi connectivity index (χ3v) is 0.423. The molecule has 0 saturated heterocycles. The van der Waals surface area contributed by atoms with Crippen LogP contribution >= 0.6 is 11.6 Å². The smallest absolute Gasteiger partial charge is 0.336 e. The topological polar surface area (TPSA) is 63.3 Å². The minimum absolute atomic E-state index is 1.20. The maximum atomic E-state index is 9.44. The van der Waals surface area contributed by atoms with E-state index in [4.69, 9.17) is 16.7 Å². The molecule has 0 heterocycles. The van der Waals surface area contributed by atoms with Crippen molar-refractivity contribution in [1.82, 2.24) is 0 Å². The fraction of sp³-hybridized carbons (Fsp3) is 0.500. The van der Waals surface area contributed by atoms with Crippen LogP contribution in [0.3, 0.4) is 0 Å². The number of carbonyl (C=O) groups is 1. The SMILES string of the molecule is N[C@@H](Cl)C(=O)O. The van der Waals surface area contributed by atoms with Gasteiger partial charge in [-0.25, -0.2) is 4.79 Å². The van der Waals surface area contributed by atoms with Gasteiger partial charge in [-0.1, -0.05) is 11.6 Å². The Hall–Kier alpha value is -0.280. The number of alkyl halides is 1. The summed E-state index contributed by atoms with van der Waals surface area (Å²) in [5.74, 6) is -1.20. The van der Waals surface area contributed by atoms with Crippen LogP contribution in [0.5, 0.6) is 0 Å². The minimum atomic E-state index is -1.26. The van der Waals surface area contributed by atoms with Crippen LogP contribution in [0, 0.1) is 0 Å². The number of nitrogens with two attached hydrogens (primary N) is 1. The first-order chi connectivity index (χ1) is 2.64. The molecule has 3 N–H and O–H groups in total. The van der Waals surface area contributed by atoms with Crippen LogP contribution in [0.1, 0.15) is 0 Å². The zero-order valence-corrected chi connectivity index (χ0v) is 3.64. The van der Waals surface area contributed by atoms with Crippen LogP contribution in [0.25, 0.3) is 0 Å². The lowest BCUT2D eigenvalue weighted by Gasteiger charge is -1.87. The highest BCUT2D eigenvalue weighted by molar-refractivity contribution is 6.29. The van der Waals surface area contributed by atoms with Crippen molar-refractivity contribution in [3.05, 3.63) is 0 Å². The Morgan fingerprint density at radius 3 is 2.17 bits per heavy atom. The van der Waals surface area contributed by atoms with Crippen LogP contribution in [0.15, 0.2) is 0 Å². The van der Waals surface area contributed by atoms with Crippen LogP contribution in [0.4, 0.5) is 0 Å². The molecular weight excluding hydrogens is 105 g/mol. The molecule has 0 aliphatic rings. The number of hydrogen-bond donors (Lipinski definition) is 2. The molecule has 0 amide bonds. The summed E-state index contributed by atoms with van der Waals surface area (Å²) in [7, 11) is 0. The van der Waals surface area contributed by atoms with Crippen molar-refractivity contribution in [1.29, 1.82) is 0 Å². The normalized spacial score (nSPS) is 13.7. The molecule has 0 aliphatic heterocycles. The van der Waals surface area contributed by atoms with Gasteiger partial charge in [-0.3, -0.25) is 0 Å². The van der Waals surface area contributed by atoms with Crippen molar-refractivity contribution in [3.8, 4) is 0 Å². The van der Waals surface area contributed by atoms with Gasteiger partial charge in [-0.15, -0.1) is 0 Å². The molecule has 3 nitrogen and oxygen atoms in total. The van der Waals surface area contributed by atoms with Gasteiger partial charge in [0.2, 0.25) is 0 Å². The minimum Gasteiger partial charge on any atom is -0.479 e. The molecule has 0 aromatic carbocycles. The van der Waals surface area contributed by atoms with Crippen molar-refractivity contribution in [2.75, 3.05) is 0 Å². The van der Waals surface area contributed by atoms with E-state index in [9.17, 15) is 4.79 Å². The molecule has 0 spiro atoms. The highest BCUT2D eigenvalue weighted by Crippen LogP contribution is 1.80. The largest absolute Gasteiger partial charge is 0.479 e. The number of hydrogen-bond acceptors (Lipinski definition) is 2. The lowest BCUT2D eigenvalue weighted by Crippen LogP contribution is -2.22. The predicted octanol–water partition coefficient (Wildman–Crippen LogP) is -0.405. The zero-order valence-electron chi connectivity index (χ0n) is 2.89. The molecule has 6 heavy (non-hydrogen) atoms. The van der Waals surface area contributed by atoms with Crippen molar-refractivity contribution in [3.63, 3.8) is 0 Å². The Bertz CT molecular complexity index is 62.6. The van der Waals surface area contributed by atoms with E-state index < -0.39 is 11.5 Å². The van der Waals surface area contributed by atoms with Crippen LogP contribution in [-0.4, -0.2) is 16.6 Å². The molecule has 0 rings (SSSR count). The Morgan fingerprint density at radius 1 is 2.00 bits per heavy atom. The van der Waals surface area contributed by atoms with Crippen molar-refractivity contribution >= 4 is 17.6 Å². The molecule has 0 bridgehead atoms. The van der Waals surface area contributed by atoms with E-state index in [0.29, 0.717) is 0 Å². The van der Waals surface area contributed by atoms with E-state index in [1.165, 1.54) is 0 Å². The third kappa shape index (κ3) is 1.99. The van der Waals surface area contributed by atoms with Crippen LogP contribution in [-0.2, 0) is 4.79 Å². The van der Waals surface area contributed by atoms with Crippen LogP contribution in [0.2, 0.25) is 0 Å². The Morgan fingerprint density at radius 2 is 2.17 bits per heavy atom. The highest BCUT2D eigenvalue weighted by atomic mass is 35.5. The number of aliphatic carboxylic acids is 1. The quantitative estimate of drug-likeness (QED) is 0.356. The molecule has 0 radical (unpaired) electrons. The molecule has 4 heteroatoms. The van der Waals surface area contributed by atoms with Gasteiger partial charge < -0.3 is 10.8 Å². The lowest BCUT2D eigenvalue weighted by atomic mass is 10.7. The van der Waals surface area contributed by atoms with Gasteiger partial charge in [0.15, 0.2) is 5.50 Å². The highest BCUT2D eigenvalue weighted by Gasteiger charge is 2.02. The van der Waals surface area contributed by atoms with Crippen LogP contribution < -0.4 is 5.73 Å². The monoisotopic (exact) mass is 109 g/mol. The first kappa shape index (κ1) is 5.72. The average molecular weight is 110 g/mol. The second-order valence-corrected chi connectivity index (χ2v) is 1.21. The third-order valence-electron chi connectivity index (χ3n) is 0.236.